The van der Waals surface area contributed by atoms with Crippen molar-refractivity contribution in [2.75, 3.05) is 25.0 Å². The second-order valence-electron chi connectivity index (χ2n) is 5.36. The van der Waals surface area contributed by atoms with Crippen molar-refractivity contribution >= 4 is 34.8 Å². The summed E-state index contributed by atoms with van der Waals surface area (Å²) < 4.78 is 37.0. The third kappa shape index (κ3) is 5.04. The van der Waals surface area contributed by atoms with Crippen molar-refractivity contribution in [3.05, 3.63) is 28.2 Å². The van der Waals surface area contributed by atoms with E-state index in [1.54, 1.807) is 23.1 Å². The van der Waals surface area contributed by atoms with Crippen molar-refractivity contribution in [2.45, 2.75) is 19.0 Å². The highest BCUT2D eigenvalue weighted by Gasteiger charge is 2.35. The molecule has 0 spiro atoms. The summed E-state index contributed by atoms with van der Waals surface area (Å²) in [6.07, 6.45) is -4.51. The van der Waals surface area contributed by atoms with E-state index in [2.05, 4.69) is 5.32 Å². The fourth-order valence-corrected chi connectivity index (χ4v) is 2.89. The largest absolute Gasteiger partial charge is 0.389 e. The lowest BCUT2D eigenvalue weighted by atomic mass is 10.1. The van der Waals surface area contributed by atoms with Gasteiger partial charge in [-0.05, 0) is 31.0 Å². The van der Waals surface area contributed by atoms with E-state index in [-0.39, 0.29) is 24.0 Å². The molecular weight excluding hydrogens is 340 g/mol. The SMILES string of the molecule is O=C(CN1CCC(CC(F)(F)F)C1)Nc1cccc(Cl)c1Cl. The summed E-state index contributed by atoms with van der Waals surface area (Å²) in [6, 6.07) is 4.86. The molecule has 2 rings (SSSR count). The maximum absolute atomic E-state index is 12.3. The molecule has 1 aromatic carbocycles. The first-order chi connectivity index (χ1) is 10.2. The van der Waals surface area contributed by atoms with Crippen molar-refractivity contribution in [3.63, 3.8) is 0 Å². The number of alkyl halides is 3. The Hall–Kier alpha value is -0.980. The van der Waals surface area contributed by atoms with Gasteiger partial charge in [0.15, 0.2) is 0 Å². The second kappa shape index (κ2) is 7.06. The molecule has 3 nitrogen and oxygen atoms in total. The highest BCUT2D eigenvalue weighted by Crippen LogP contribution is 2.31. The van der Waals surface area contributed by atoms with Crippen LogP contribution in [0.15, 0.2) is 18.2 Å². The third-order valence-corrected chi connectivity index (χ3v) is 4.30. The average Bonchev–Trinajstić information content (AvgIpc) is 2.79. The van der Waals surface area contributed by atoms with Crippen LogP contribution in [0.1, 0.15) is 12.8 Å². The molecule has 0 saturated carbocycles. The molecule has 1 aliphatic rings. The van der Waals surface area contributed by atoms with Crippen molar-refractivity contribution in [2.24, 2.45) is 5.92 Å². The number of rotatable bonds is 4. The summed E-state index contributed by atoms with van der Waals surface area (Å²) in [5.74, 6) is -0.764. The van der Waals surface area contributed by atoms with Gasteiger partial charge < -0.3 is 5.32 Å². The molecule has 1 aliphatic heterocycles. The van der Waals surface area contributed by atoms with Gasteiger partial charge in [0.05, 0.1) is 22.3 Å². The van der Waals surface area contributed by atoms with Gasteiger partial charge in [0.1, 0.15) is 0 Å². The number of halogens is 5. The smallest absolute Gasteiger partial charge is 0.324 e. The van der Waals surface area contributed by atoms with E-state index in [9.17, 15) is 18.0 Å². The number of nitrogens with one attached hydrogen (secondary N) is 1. The van der Waals surface area contributed by atoms with Crippen molar-refractivity contribution in [1.82, 2.24) is 4.90 Å². The number of nitrogens with zero attached hydrogens (tertiary/aromatic N) is 1. The van der Waals surface area contributed by atoms with Crippen LogP contribution in [-0.4, -0.2) is 36.6 Å². The number of benzene rings is 1. The molecule has 1 N–H and O–H groups in total. The Morgan fingerprint density at radius 2 is 2.09 bits per heavy atom. The van der Waals surface area contributed by atoms with Gasteiger partial charge in [0.25, 0.3) is 0 Å². The highest BCUT2D eigenvalue weighted by molar-refractivity contribution is 6.43. The molecule has 22 heavy (non-hydrogen) atoms. The maximum atomic E-state index is 12.3. The van der Waals surface area contributed by atoms with E-state index < -0.39 is 18.5 Å². The van der Waals surface area contributed by atoms with Gasteiger partial charge in [0.2, 0.25) is 5.91 Å². The number of likely N-dealkylation sites (tertiary alicyclic amines) is 1. The Balaban J connectivity index is 1.84. The molecule has 0 aromatic heterocycles. The summed E-state index contributed by atoms with van der Waals surface area (Å²) in [4.78, 5) is 13.7. The zero-order valence-corrected chi connectivity index (χ0v) is 13.1. The maximum Gasteiger partial charge on any atom is 0.389 e. The van der Waals surface area contributed by atoms with E-state index in [1.165, 1.54) is 0 Å². The molecule has 122 valence electrons. The molecule has 1 heterocycles. The van der Waals surface area contributed by atoms with E-state index in [1.807, 2.05) is 0 Å². The molecule has 0 bridgehead atoms. The summed E-state index contributed by atoms with van der Waals surface area (Å²) in [5.41, 5.74) is 0.394. The Kier molecular flexibility index (Phi) is 5.58. The van der Waals surface area contributed by atoms with Gasteiger partial charge >= 0.3 is 6.18 Å². The van der Waals surface area contributed by atoms with Crippen LogP contribution in [0.5, 0.6) is 0 Å². The van der Waals surface area contributed by atoms with Crippen LogP contribution in [0.4, 0.5) is 18.9 Å². The topological polar surface area (TPSA) is 32.3 Å². The lowest BCUT2D eigenvalue weighted by Crippen LogP contribution is -2.32. The van der Waals surface area contributed by atoms with Crippen LogP contribution in [0.2, 0.25) is 10.0 Å². The van der Waals surface area contributed by atoms with E-state index in [0.29, 0.717) is 23.7 Å². The van der Waals surface area contributed by atoms with Crippen molar-refractivity contribution in [1.29, 1.82) is 0 Å². The minimum atomic E-state index is -4.16. The highest BCUT2D eigenvalue weighted by atomic mass is 35.5. The monoisotopic (exact) mass is 354 g/mol. The lowest BCUT2D eigenvalue weighted by Gasteiger charge is -2.17. The van der Waals surface area contributed by atoms with Gasteiger partial charge in [-0.1, -0.05) is 29.3 Å². The fraction of sp³-hybridized carbons (Fsp3) is 0.500. The minimum absolute atomic E-state index is 0.0389. The van der Waals surface area contributed by atoms with Gasteiger partial charge in [-0.15, -0.1) is 0 Å². The average molecular weight is 355 g/mol. The fourth-order valence-electron chi connectivity index (χ4n) is 2.54. The van der Waals surface area contributed by atoms with Crippen molar-refractivity contribution in [3.8, 4) is 0 Å². The van der Waals surface area contributed by atoms with Crippen molar-refractivity contribution < 1.29 is 18.0 Å². The van der Waals surface area contributed by atoms with Crippen LogP contribution in [0.3, 0.4) is 0 Å². The summed E-state index contributed by atoms with van der Waals surface area (Å²) in [7, 11) is 0. The Bertz CT molecular complexity index is 551. The zero-order valence-electron chi connectivity index (χ0n) is 11.6. The standard InChI is InChI=1S/C14H15Cl2F3N2O/c15-10-2-1-3-11(13(10)16)20-12(22)8-21-5-4-9(7-21)6-14(17,18)19/h1-3,9H,4-8H2,(H,20,22). The number of carbonyl (C=O) groups is 1. The minimum Gasteiger partial charge on any atom is -0.324 e. The number of hydrogen-bond acceptors (Lipinski definition) is 2. The van der Waals surface area contributed by atoms with Gasteiger partial charge in [-0.25, -0.2) is 0 Å². The summed E-state index contributed by atoms with van der Waals surface area (Å²) >= 11 is 11.8. The van der Waals surface area contributed by atoms with Gasteiger partial charge in [-0.3, -0.25) is 9.69 Å². The normalized spacial score (nSPS) is 19.4. The molecule has 1 atom stereocenters. The lowest BCUT2D eigenvalue weighted by molar-refractivity contribution is -0.143. The van der Waals surface area contributed by atoms with Crippen LogP contribution in [0.25, 0.3) is 0 Å². The molecule has 0 aliphatic carbocycles. The molecule has 1 fully saturated rings. The first-order valence-electron chi connectivity index (χ1n) is 6.77. The molecule has 0 radical (unpaired) electrons. The second-order valence-corrected chi connectivity index (χ2v) is 6.14. The van der Waals surface area contributed by atoms with Crippen LogP contribution < -0.4 is 5.32 Å². The van der Waals surface area contributed by atoms with E-state index in [0.717, 1.165) is 0 Å². The van der Waals surface area contributed by atoms with E-state index in [4.69, 9.17) is 23.2 Å². The molecule has 8 heteroatoms. The number of anilines is 1. The molecule has 1 aromatic rings. The Morgan fingerprint density at radius 1 is 1.36 bits per heavy atom. The van der Waals surface area contributed by atoms with Gasteiger partial charge in [0, 0.05) is 13.0 Å². The number of carbonyl (C=O) groups excluding carboxylic acids is 1. The van der Waals surface area contributed by atoms with Crippen LogP contribution in [0, 0.1) is 5.92 Å². The zero-order chi connectivity index (χ0) is 16.3. The molecule has 1 saturated heterocycles. The molecule has 1 amide bonds. The summed E-state index contributed by atoms with van der Waals surface area (Å²) in [5, 5.41) is 3.19. The third-order valence-electron chi connectivity index (χ3n) is 3.48. The quantitative estimate of drug-likeness (QED) is 0.878. The molecule has 1 unspecified atom stereocenters. The van der Waals surface area contributed by atoms with Crippen LogP contribution in [-0.2, 0) is 4.79 Å². The number of amides is 1. The van der Waals surface area contributed by atoms with Crippen LogP contribution >= 0.6 is 23.2 Å². The Morgan fingerprint density at radius 3 is 2.77 bits per heavy atom. The Labute approximate surface area is 136 Å². The summed E-state index contributed by atoms with van der Waals surface area (Å²) in [6.45, 7) is 0.796. The first kappa shape index (κ1) is 17.4. The molecular formula is C14H15Cl2F3N2O. The van der Waals surface area contributed by atoms with E-state index >= 15 is 0 Å². The number of hydrogen-bond donors (Lipinski definition) is 1. The predicted octanol–water partition coefficient (Wildman–Crippen LogP) is 4.21. The first-order valence-corrected chi connectivity index (χ1v) is 7.53. The van der Waals surface area contributed by atoms with Gasteiger partial charge in [-0.2, -0.15) is 13.2 Å². The predicted molar refractivity (Wildman–Crippen MR) is 80.3 cm³/mol.